The van der Waals surface area contributed by atoms with Crippen LogP contribution in [-0.4, -0.2) is 53.1 Å². The zero-order valence-electron chi connectivity index (χ0n) is 19.9. The maximum Gasteiger partial charge on any atom is 0.229 e. The fraction of sp³-hybridized carbons (Fsp3) is 0.556. The first-order chi connectivity index (χ1) is 16.7. The summed E-state index contributed by atoms with van der Waals surface area (Å²) in [5, 5.41) is 11.2. The van der Waals surface area contributed by atoms with Crippen molar-refractivity contribution in [2.24, 2.45) is 11.8 Å². The Labute approximate surface area is 201 Å². The Morgan fingerprint density at radius 1 is 0.941 bits per heavy atom. The highest BCUT2D eigenvalue weighted by atomic mass is 16.2. The van der Waals surface area contributed by atoms with Crippen LogP contribution in [-0.2, 0) is 9.59 Å². The molecular weight excluding hydrogens is 426 g/mol. The first-order valence-corrected chi connectivity index (χ1v) is 12.9. The number of benzene rings is 1. The van der Waals surface area contributed by atoms with Crippen molar-refractivity contribution >= 4 is 23.3 Å². The van der Waals surface area contributed by atoms with Crippen molar-refractivity contribution in [3.63, 3.8) is 0 Å². The lowest BCUT2D eigenvalue weighted by Gasteiger charge is -2.33. The van der Waals surface area contributed by atoms with Crippen LogP contribution in [0.1, 0.15) is 62.8 Å². The number of anilines is 2. The van der Waals surface area contributed by atoms with Gasteiger partial charge in [0.1, 0.15) is 0 Å². The molecule has 1 aliphatic carbocycles. The SMILES string of the molecule is O=C(Nc1ccc(C2CCN(C(=O)CC3CCCC3)CC2)cc1)[C@H]1CCN(c2cccnn2)C1. The lowest BCUT2D eigenvalue weighted by atomic mass is 9.89. The summed E-state index contributed by atoms with van der Waals surface area (Å²) in [7, 11) is 0. The van der Waals surface area contributed by atoms with E-state index in [1.54, 1.807) is 6.20 Å². The van der Waals surface area contributed by atoms with E-state index >= 15 is 0 Å². The largest absolute Gasteiger partial charge is 0.354 e. The molecule has 0 spiro atoms. The molecule has 34 heavy (non-hydrogen) atoms. The van der Waals surface area contributed by atoms with Gasteiger partial charge >= 0.3 is 0 Å². The topological polar surface area (TPSA) is 78.4 Å². The third-order valence-corrected chi connectivity index (χ3v) is 7.88. The molecule has 5 rings (SSSR count). The molecule has 1 saturated carbocycles. The lowest BCUT2D eigenvalue weighted by molar-refractivity contribution is -0.133. The molecule has 180 valence electrons. The number of nitrogens with zero attached hydrogens (tertiary/aromatic N) is 4. The van der Waals surface area contributed by atoms with Gasteiger partial charge in [0, 0.05) is 44.5 Å². The lowest BCUT2D eigenvalue weighted by Crippen LogP contribution is -2.38. The Hall–Kier alpha value is -2.96. The van der Waals surface area contributed by atoms with E-state index in [2.05, 4.69) is 37.4 Å². The van der Waals surface area contributed by atoms with E-state index in [1.165, 1.54) is 31.2 Å². The zero-order valence-corrected chi connectivity index (χ0v) is 19.9. The van der Waals surface area contributed by atoms with E-state index in [0.717, 1.165) is 56.8 Å². The summed E-state index contributed by atoms with van der Waals surface area (Å²) < 4.78 is 0. The highest BCUT2D eigenvalue weighted by Gasteiger charge is 2.30. The van der Waals surface area contributed by atoms with Gasteiger partial charge in [0.2, 0.25) is 11.8 Å². The maximum absolute atomic E-state index is 12.8. The van der Waals surface area contributed by atoms with Crippen LogP contribution in [0.4, 0.5) is 11.5 Å². The number of amides is 2. The predicted octanol–water partition coefficient (Wildman–Crippen LogP) is 4.23. The Morgan fingerprint density at radius 2 is 1.71 bits per heavy atom. The minimum absolute atomic E-state index is 0.0484. The van der Waals surface area contributed by atoms with Gasteiger partial charge < -0.3 is 15.1 Å². The second kappa shape index (κ2) is 10.5. The average Bonchev–Trinajstić information content (AvgIpc) is 3.58. The summed E-state index contributed by atoms with van der Waals surface area (Å²) in [6, 6.07) is 12.1. The van der Waals surface area contributed by atoms with Crippen LogP contribution >= 0.6 is 0 Å². The van der Waals surface area contributed by atoms with Crippen LogP contribution in [0.3, 0.4) is 0 Å². The van der Waals surface area contributed by atoms with Gasteiger partial charge in [0.25, 0.3) is 0 Å². The Kier molecular flexibility index (Phi) is 7.07. The van der Waals surface area contributed by atoms with Gasteiger partial charge in [-0.15, -0.1) is 5.10 Å². The molecule has 0 bridgehead atoms. The fourth-order valence-corrected chi connectivity index (χ4v) is 5.78. The van der Waals surface area contributed by atoms with Gasteiger partial charge in [-0.25, -0.2) is 0 Å². The minimum atomic E-state index is -0.0484. The fourth-order valence-electron chi connectivity index (χ4n) is 5.78. The highest BCUT2D eigenvalue weighted by Crippen LogP contribution is 2.32. The third-order valence-electron chi connectivity index (χ3n) is 7.88. The molecule has 3 fully saturated rings. The van der Waals surface area contributed by atoms with Crippen LogP contribution in [0.2, 0.25) is 0 Å². The maximum atomic E-state index is 12.8. The van der Waals surface area contributed by atoms with E-state index in [9.17, 15) is 9.59 Å². The number of carbonyl (C=O) groups excluding carboxylic acids is 2. The summed E-state index contributed by atoms with van der Waals surface area (Å²) in [5.74, 6) is 2.30. The average molecular weight is 462 g/mol. The standard InChI is InChI=1S/C27H35N5O2/c33-26(18-20-4-1-2-5-20)31-15-11-22(12-16-31)21-7-9-24(10-8-21)29-27(34)23-13-17-32(19-23)25-6-3-14-28-30-25/h3,6-10,14,20,22-23H,1-2,4-5,11-13,15-19H2,(H,29,34)/t23-/m0/s1. The van der Waals surface area contributed by atoms with Crippen molar-refractivity contribution in [2.45, 2.75) is 57.3 Å². The smallest absolute Gasteiger partial charge is 0.229 e. The van der Waals surface area contributed by atoms with Crippen LogP contribution < -0.4 is 10.2 Å². The first kappa shape index (κ1) is 22.8. The van der Waals surface area contributed by atoms with E-state index in [4.69, 9.17) is 0 Å². The van der Waals surface area contributed by atoms with E-state index < -0.39 is 0 Å². The van der Waals surface area contributed by atoms with E-state index in [0.29, 0.717) is 24.3 Å². The number of carbonyl (C=O) groups is 2. The first-order valence-electron chi connectivity index (χ1n) is 12.9. The van der Waals surface area contributed by atoms with Crippen LogP contribution in [0.5, 0.6) is 0 Å². The molecule has 7 nitrogen and oxygen atoms in total. The van der Waals surface area contributed by atoms with E-state index in [1.807, 2.05) is 24.3 Å². The van der Waals surface area contributed by atoms with Crippen molar-refractivity contribution in [1.29, 1.82) is 0 Å². The minimum Gasteiger partial charge on any atom is -0.354 e. The molecular formula is C27H35N5O2. The van der Waals surface area contributed by atoms with Gasteiger partial charge in [-0.3, -0.25) is 9.59 Å². The third kappa shape index (κ3) is 5.40. The molecule has 2 aliphatic heterocycles. The summed E-state index contributed by atoms with van der Waals surface area (Å²) in [4.78, 5) is 29.6. The molecule has 1 aromatic carbocycles. The molecule has 2 saturated heterocycles. The van der Waals surface area contributed by atoms with Gasteiger partial charge in [0.05, 0.1) is 5.92 Å². The monoisotopic (exact) mass is 461 g/mol. The zero-order chi connectivity index (χ0) is 23.3. The summed E-state index contributed by atoms with van der Waals surface area (Å²) in [5.41, 5.74) is 2.14. The van der Waals surface area contributed by atoms with Crippen molar-refractivity contribution in [1.82, 2.24) is 15.1 Å². The van der Waals surface area contributed by atoms with Crippen molar-refractivity contribution in [2.75, 3.05) is 36.4 Å². The number of aromatic nitrogens is 2. The Balaban J connectivity index is 1.08. The van der Waals surface area contributed by atoms with Crippen LogP contribution in [0, 0.1) is 11.8 Å². The number of hydrogen-bond acceptors (Lipinski definition) is 5. The summed E-state index contributed by atoms with van der Waals surface area (Å²) in [6.07, 6.45) is 10.3. The summed E-state index contributed by atoms with van der Waals surface area (Å²) in [6.45, 7) is 3.20. The van der Waals surface area contributed by atoms with Crippen molar-refractivity contribution in [3.05, 3.63) is 48.2 Å². The highest BCUT2D eigenvalue weighted by molar-refractivity contribution is 5.93. The Morgan fingerprint density at radius 3 is 2.41 bits per heavy atom. The number of nitrogens with one attached hydrogen (secondary N) is 1. The van der Waals surface area contributed by atoms with Gasteiger partial charge in [0.15, 0.2) is 5.82 Å². The molecule has 2 aromatic rings. The molecule has 1 N–H and O–H groups in total. The molecule has 0 unspecified atom stereocenters. The van der Waals surface area contributed by atoms with E-state index in [-0.39, 0.29) is 11.8 Å². The van der Waals surface area contributed by atoms with Gasteiger partial charge in [-0.05, 0) is 73.8 Å². The molecule has 3 aliphatic rings. The molecule has 3 heterocycles. The number of piperidine rings is 1. The van der Waals surface area contributed by atoms with Crippen LogP contribution in [0.15, 0.2) is 42.6 Å². The normalized spacial score (nSPS) is 21.7. The summed E-state index contributed by atoms with van der Waals surface area (Å²) >= 11 is 0. The number of likely N-dealkylation sites (tertiary alicyclic amines) is 1. The molecule has 2 amide bonds. The second-order valence-electron chi connectivity index (χ2n) is 10.1. The van der Waals surface area contributed by atoms with Crippen molar-refractivity contribution < 1.29 is 9.59 Å². The molecule has 7 heteroatoms. The van der Waals surface area contributed by atoms with Gasteiger partial charge in [-0.2, -0.15) is 5.10 Å². The quantitative estimate of drug-likeness (QED) is 0.697. The Bertz CT molecular complexity index is 966. The van der Waals surface area contributed by atoms with Gasteiger partial charge in [-0.1, -0.05) is 25.0 Å². The second-order valence-corrected chi connectivity index (χ2v) is 10.1. The van der Waals surface area contributed by atoms with Crippen molar-refractivity contribution in [3.8, 4) is 0 Å². The number of rotatable bonds is 6. The predicted molar refractivity (Wildman–Crippen MR) is 133 cm³/mol. The molecule has 1 aromatic heterocycles. The number of hydrogen-bond donors (Lipinski definition) is 1. The van der Waals surface area contributed by atoms with Crippen LogP contribution in [0.25, 0.3) is 0 Å². The molecule has 0 radical (unpaired) electrons. The molecule has 1 atom stereocenters.